The zero-order valence-corrected chi connectivity index (χ0v) is 8.76. The van der Waals surface area contributed by atoms with Crippen molar-refractivity contribution < 1.29 is 4.74 Å². The number of methoxy groups -OCH3 is 1. The summed E-state index contributed by atoms with van der Waals surface area (Å²) in [6.45, 7) is 5.16. The van der Waals surface area contributed by atoms with Crippen molar-refractivity contribution in [1.82, 2.24) is 10.2 Å². The van der Waals surface area contributed by atoms with Gasteiger partial charge in [-0.2, -0.15) is 0 Å². The zero-order valence-electron chi connectivity index (χ0n) is 8.76. The van der Waals surface area contributed by atoms with E-state index in [0.717, 1.165) is 19.7 Å². The number of hydrogen-bond acceptors (Lipinski definition) is 3. The molecule has 1 N–H and O–H groups in total. The molecule has 0 amide bonds. The number of ether oxygens (including phenoxy) is 1. The van der Waals surface area contributed by atoms with Gasteiger partial charge in [-0.1, -0.05) is 0 Å². The topological polar surface area (TPSA) is 24.5 Å². The van der Waals surface area contributed by atoms with Crippen LogP contribution in [0.3, 0.4) is 0 Å². The van der Waals surface area contributed by atoms with Crippen molar-refractivity contribution in [1.29, 1.82) is 0 Å². The summed E-state index contributed by atoms with van der Waals surface area (Å²) in [5.41, 5.74) is 0. The second-order valence-electron chi connectivity index (χ2n) is 3.21. The Morgan fingerprint density at radius 3 is 2.67 bits per heavy atom. The molecule has 1 unspecified atom stereocenters. The van der Waals surface area contributed by atoms with E-state index >= 15 is 0 Å². The summed E-state index contributed by atoms with van der Waals surface area (Å²) >= 11 is 0. The van der Waals surface area contributed by atoms with Crippen molar-refractivity contribution in [3.63, 3.8) is 0 Å². The third-order valence-electron chi connectivity index (χ3n) is 2.21. The van der Waals surface area contributed by atoms with Crippen molar-refractivity contribution in [3.05, 3.63) is 0 Å². The van der Waals surface area contributed by atoms with Crippen LogP contribution in [-0.2, 0) is 4.74 Å². The Balaban J connectivity index is 3.39. The summed E-state index contributed by atoms with van der Waals surface area (Å²) in [4.78, 5) is 2.32. The highest BCUT2D eigenvalue weighted by Gasteiger charge is 2.06. The van der Waals surface area contributed by atoms with Gasteiger partial charge in [0, 0.05) is 19.7 Å². The van der Waals surface area contributed by atoms with Gasteiger partial charge in [-0.3, -0.25) is 0 Å². The van der Waals surface area contributed by atoms with E-state index in [1.165, 1.54) is 6.42 Å². The Morgan fingerprint density at radius 1 is 1.50 bits per heavy atom. The molecular formula is C9H22N2O. The number of nitrogens with zero attached hydrogens (tertiary/aromatic N) is 1. The lowest BCUT2D eigenvalue weighted by molar-refractivity contribution is 0.140. The second-order valence-corrected chi connectivity index (χ2v) is 3.21. The normalized spacial score (nSPS) is 13.8. The zero-order chi connectivity index (χ0) is 9.40. The Bertz CT molecular complexity index is 86.5. The number of rotatable bonds is 7. The maximum absolute atomic E-state index is 5.01. The molecular weight excluding hydrogens is 152 g/mol. The maximum Gasteiger partial charge on any atom is 0.0589 e. The highest BCUT2D eigenvalue weighted by atomic mass is 16.5. The minimum atomic E-state index is 0.632. The molecule has 0 radical (unpaired) electrons. The third kappa shape index (κ3) is 5.52. The van der Waals surface area contributed by atoms with Crippen LogP contribution >= 0.6 is 0 Å². The van der Waals surface area contributed by atoms with E-state index in [1.807, 2.05) is 7.05 Å². The summed E-state index contributed by atoms with van der Waals surface area (Å²) < 4.78 is 5.01. The van der Waals surface area contributed by atoms with Gasteiger partial charge in [-0.05, 0) is 34.0 Å². The van der Waals surface area contributed by atoms with Crippen LogP contribution in [0.5, 0.6) is 0 Å². The van der Waals surface area contributed by atoms with Crippen LogP contribution in [0, 0.1) is 0 Å². The van der Waals surface area contributed by atoms with Gasteiger partial charge in [0.2, 0.25) is 0 Å². The molecule has 3 nitrogen and oxygen atoms in total. The summed E-state index contributed by atoms with van der Waals surface area (Å²) in [6.07, 6.45) is 1.19. The van der Waals surface area contributed by atoms with Crippen molar-refractivity contribution in [2.75, 3.05) is 40.9 Å². The van der Waals surface area contributed by atoms with E-state index in [-0.39, 0.29) is 0 Å². The molecule has 0 saturated heterocycles. The molecule has 0 aromatic carbocycles. The van der Waals surface area contributed by atoms with Crippen LogP contribution in [0.15, 0.2) is 0 Å². The maximum atomic E-state index is 5.01. The Hall–Kier alpha value is -0.120. The fraction of sp³-hybridized carbons (Fsp3) is 1.00. The minimum absolute atomic E-state index is 0.632. The first-order valence-corrected chi connectivity index (χ1v) is 4.56. The van der Waals surface area contributed by atoms with Crippen LogP contribution in [0.1, 0.15) is 13.3 Å². The Labute approximate surface area is 76.1 Å². The van der Waals surface area contributed by atoms with Gasteiger partial charge in [0.25, 0.3) is 0 Å². The molecule has 74 valence electrons. The van der Waals surface area contributed by atoms with Crippen LogP contribution < -0.4 is 5.32 Å². The van der Waals surface area contributed by atoms with Gasteiger partial charge in [0.05, 0.1) is 6.61 Å². The average molecular weight is 174 g/mol. The second kappa shape index (κ2) is 7.53. The molecule has 12 heavy (non-hydrogen) atoms. The summed E-state index contributed by atoms with van der Waals surface area (Å²) in [7, 11) is 5.87. The van der Waals surface area contributed by atoms with Gasteiger partial charge in [0.1, 0.15) is 0 Å². The molecule has 0 spiro atoms. The van der Waals surface area contributed by atoms with Crippen molar-refractivity contribution in [3.8, 4) is 0 Å². The molecule has 0 aliphatic carbocycles. The van der Waals surface area contributed by atoms with Gasteiger partial charge in [-0.25, -0.2) is 0 Å². The predicted octanol–water partition coefficient (Wildman–Crippen LogP) is 0.563. The first-order valence-electron chi connectivity index (χ1n) is 4.56. The van der Waals surface area contributed by atoms with Gasteiger partial charge in [-0.15, -0.1) is 0 Å². The number of hydrogen-bond donors (Lipinski definition) is 1. The molecule has 0 bridgehead atoms. The lowest BCUT2D eigenvalue weighted by Gasteiger charge is -2.24. The largest absolute Gasteiger partial charge is 0.383 e. The SMILES string of the molecule is CNCCC(C)N(C)CCOC. The van der Waals surface area contributed by atoms with Crippen molar-refractivity contribution >= 4 is 0 Å². The minimum Gasteiger partial charge on any atom is -0.383 e. The monoisotopic (exact) mass is 174 g/mol. The van der Waals surface area contributed by atoms with E-state index in [0.29, 0.717) is 6.04 Å². The van der Waals surface area contributed by atoms with E-state index in [4.69, 9.17) is 4.74 Å². The molecule has 0 aliphatic rings. The number of likely N-dealkylation sites (N-methyl/N-ethyl adjacent to an activating group) is 1. The van der Waals surface area contributed by atoms with Crippen molar-refractivity contribution in [2.45, 2.75) is 19.4 Å². The summed E-state index contributed by atoms with van der Waals surface area (Å²) in [6, 6.07) is 0.632. The lowest BCUT2D eigenvalue weighted by atomic mass is 10.2. The number of nitrogens with one attached hydrogen (secondary N) is 1. The molecule has 0 aromatic heterocycles. The van der Waals surface area contributed by atoms with Crippen LogP contribution in [-0.4, -0.2) is 51.8 Å². The smallest absolute Gasteiger partial charge is 0.0589 e. The third-order valence-corrected chi connectivity index (χ3v) is 2.21. The first kappa shape index (κ1) is 11.9. The standard InChI is InChI=1S/C9H22N2O/c1-9(5-6-10-2)11(3)7-8-12-4/h9-10H,5-8H2,1-4H3. The van der Waals surface area contributed by atoms with E-state index < -0.39 is 0 Å². The molecule has 0 rings (SSSR count). The van der Waals surface area contributed by atoms with E-state index in [2.05, 4.69) is 24.2 Å². The van der Waals surface area contributed by atoms with Gasteiger partial charge >= 0.3 is 0 Å². The van der Waals surface area contributed by atoms with Crippen molar-refractivity contribution in [2.24, 2.45) is 0 Å². The van der Waals surface area contributed by atoms with Crippen LogP contribution in [0.2, 0.25) is 0 Å². The average Bonchev–Trinajstić information content (AvgIpc) is 2.10. The quantitative estimate of drug-likeness (QED) is 0.610. The Morgan fingerprint density at radius 2 is 2.17 bits per heavy atom. The highest BCUT2D eigenvalue weighted by molar-refractivity contribution is 4.63. The fourth-order valence-electron chi connectivity index (χ4n) is 1.03. The lowest BCUT2D eigenvalue weighted by Crippen LogP contribution is -2.33. The van der Waals surface area contributed by atoms with Gasteiger partial charge in [0.15, 0.2) is 0 Å². The molecule has 0 heterocycles. The molecule has 0 aliphatic heterocycles. The van der Waals surface area contributed by atoms with E-state index in [9.17, 15) is 0 Å². The molecule has 0 aromatic rings. The molecule has 0 fully saturated rings. The highest BCUT2D eigenvalue weighted by Crippen LogP contribution is 1.98. The predicted molar refractivity (Wildman–Crippen MR) is 52.5 cm³/mol. The van der Waals surface area contributed by atoms with E-state index in [1.54, 1.807) is 7.11 Å². The summed E-state index contributed by atoms with van der Waals surface area (Å²) in [5, 5.41) is 3.15. The summed E-state index contributed by atoms with van der Waals surface area (Å²) in [5.74, 6) is 0. The first-order chi connectivity index (χ1) is 5.72. The van der Waals surface area contributed by atoms with Gasteiger partial charge < -0.3 is 15.0 Å². The Kier molecular flexibility index (Phi) is 7.45. The molecule has 3 heteroatoms. The molecule has 0 saturated carbocycles. The fourth-order valence-corrected chi connectivity index (χ4v) is 1.03. The van der Waals surface area contributed by atoms with Crippen LogP contribution in [0.4, 0.5) is 0 Å². The molecule has 1 atom stereocenters. The van der Waals surface area contributed by atoms with Crippen LogP contribution in [0.25, 0.3) is 0 Å².